The largest absolute Gasteiger partial charge is 0.495 e. The molecule has 0 amide bonds. The highest BCUT2D eigenvalue weighted by Gasteiger charge is 2.20. The van der Waals surface area contributed by atoms with Crippen LogP contribution < -0.4 is 10.1 Å². The fourth-order valence-corrected chi connectivity index (χ4v) is 2.99. The van der Waals surface area contributed by atoms with E-state index in [9.17, 15) is 0 Å². The molecule has 1 fully saturated rings. The Labute approximate surface area is 111 Å². The van der Waals surface area contributed by atoms with Crippen LogP contribution in [0.3, 0.4) is 0 Å². The number of hydrogen-bond donors (Lipinski definition) is 1. The summed E-state index contributed by atoms with van der Waals surface area (Å²) in [5.41, 5.74) is 1.14. The van der Waals surface area contributed by atoms with E-state index in [1.54, 1.807) is 7.11 Å². The molecule has 0 aromatic heterocycles. The SMILES string of the molecule is CCCC1CCC(Nc2ccccc2OC)CC1. The third-order valence-electron chi connectivity index (χ3n) is 4.01. The first-order valence-electron chi connectivity index (χ1n) is 7.23. The third kappa shape index (κ3) is 3.41. The lowest BCUT2D eigenvalue weighted by atomic mass is 9.83. The van der Waals surface area contributed by atoms with Crippen LogP contribution in [0.25, 0.3) is 0 Å². The summed E-state index contributed by atoms with van der Waals surface area (Å²) in [7, 11) is 1.73. The summed E-state index contributed by atoms with van der Waals surface area (Å²) in [4.78, 5) is 0. The van der Waals surface area contributed by atoms with Crippen molar-refractivity contribution in [3.8, 4) is 5.75 Å². The van der Waals surface area contributed by atoms with Crippen molar-refractivity contribution < 1.29 is 4.74 Å². The second-order valence-corrected chi connectivity index (χ2v) is 5.35. The van der Waals surface area contributed by atoms with Crippen molar-refractivity contribution in [2.45, 2.75) is 51.5 Å². The molecule has 1 saturated carbocycles. The smallest absolute Gasteiger partial charge is 0.141 e. The molecule has 0 unspecified atom stereocenters. The summed E-state index contributed by atoms with van der Waals surface area (Å²) in [6.45, 7) is 2.29. The van der Waals surface area contributed by atoms with Crippen molar-refractivity contribution in [1.29, 1.82) is 0 Å². The van der Waals surface area contributed by atoms with Crippen LogP contribution in [0.2, 0.25) is 0 Å². The first-order valence-corrected chi connectivity index (χ1v) is 7.23. The van der Waals surface area contributed by atoms with Crippen LogP contribution in [0, 0.1) is 5.92 Å². The highest BCUT2D eigenvalue weighted by atomic mass is 16.5. The lowest BCUT2D eigenvalue weighted by Gasteiger charge is -2.30. The Balaban J connectivity index is 1.87. The maximum Gasteiger partial charge on any atom is 0.141 e. The number of para-hydroxylation sites is 2. The van der Waals surface area contributed by atoms with Gasteiger partial charge in [-0.05, 0) is 43.7 Å². The van der Waals surface area contributed by atoms with Gasteiger partial charge in [-0.2, -0.15) is 0 Å². The highest BCUT2D eigenvalue weighted by Crippen LogP contribution is 2.31. The molecule has 0 spiro atoms. The lowest BCUT2D eigenvalue weighted by molar-refractivity contribution is 0.318. The van der Waals surface area contributed by atoms with Crippen molar-refractivity contribution in [3.05, 3.63) is 24.3 Å². The minimum atomic E-state index is 0.620. The number of nitrogens with one attached hydrogen (secondary N) is 1. The normalized spacial score (nSPS) is 23.7. The van der Waals surface area contributed by atoms with Gasteiger partial charge in [0.15, 0.2) is 0 Å². The molecule has 1 aromatic rings. The third-order valence-corrected chi connectivity index (χ3v) is 4.01. The van der Waals surface area contributed by atoms with E-state index in [0.29, 0.717) is 6.04 Å². The van der Waals surface area contributed by atoms with Crippen molar-refractivity contribution >= 4 is 5.69 Å². The second kappa shape index (κ2) is 6.67. The molecule has 0 atom stereocenters. The highest BCUT2D eigenvalue weighted by molar-refractivity contribution is 5.56. The lowest BCUT2D eigenvalue weighted by Crippen LogP contribution is -2.26. The molecule has 1 aromatic carbocycles. The first kappa shape index (κ1) is 13.3. The molecule has 1 aliphatic carbocycles. The van der Waals surface area contributed by atoms with Crippen LogP contribution in [0.4, 0.5) is 5.69 Å². The number of methoxy groups -OCH3 is 1. The average Bonchev–Trinajstić information content (AvgIpc) is 2.42. The van der Waals surface area contributed by atoms with Gasteiger partial charge < -0.3 is 10.1 Å². The van der Waals surface area contributed by atoms with Crippen molar-refractivity contribution in [1.82, 2.24) is 0 Å². The van der Waals surface area contributed by atoms with E-state index in [2.05, 4.69) is 24.4 Å². The Morgan fingerprint density at radius 1 is 1.17 bits per heavy atom. The van der Waals surface area contributed by atoms with E-state index < -0.39 is 0 Å². The fourth-order valence-electron chi connectivity index (χ4n) is 2.99. The van der Waals surface area contributed by atoms with Crippen LogP contribution >= 0.6 is 0 Å². The second-order valence-electron chi connectivity index (χ2n) is 5.35. The summed E-state index contributed by atoms with van der Waals surface area (Å²) >= 11 is 0. The van der Waals surface area contributed by atoms with Crippen LogP contribution in [0.1, 0.15) is 45.4 Å². The van der Waals surface area contributed by atoms with Gasteiger partial charge in [0.1, 0.15) is 5.75 Å². The Hall–Kier alpha value is -1.18. The topological polar surface area (TPSA) is 21.3 Å². The number of ether oxygens (including phenoxy) is 1. The Bertz CT molecular complexity index is 356. The summed E-state index contributed by atoms with van der Waals surface area (Å²) in [5.74, 6) is 1.92. The number of rotatable bonds is 5. The molecule has 0 heterocycles. The zero-order chi connectivity index (χ0) is 12.8. The molecule has 2 rings (SSSR count). The van der Waals surface area contributed by atoms with E-state index in [0.717, 1.165) is 17.4 Å². The van der Waals surface area contributed by atoms with E-state index >= 15 is 0 Å². The van der Waals surface area contributed by atoms with Crippen LogP contribution in [-0.2, 0) is 0 Å². The van der Waals surface area contributed by atoms with Gasteiger partial charge in [-0.15, -0.1) is 0 Å². The molecule has 0 bridgehead atoms. The van der Waals surface area contributed by atoms with E-state index in [4.69, 9.17) is 4.74 Å². The number of anilines is 1. The minimum Gasteiger partial charge on any atom is -0.495 e. The van der Waals surface area contributed by atoms with Gasteiger partial charge in [-0.3, -0.25) is 0 Å². The number of hydrogen-bond acceptors (Lipinski definition) is 2. The maximum absolute atomic E-state index is 5.38. The fraction of sp³-hybridized carbons (Fsp3) is 0.625. The van der Waals surface area contributed by atoms with E-state index in [1.165, 1.54) is 38.5 Å². The van der Waals surface area contributed by atoms with Gasteiger partial charge >= 0.3 is 0 Å². The van der Waals surface area contributed by atoms with Gasteiger partial charge in [0.2, 0.25) is 0 Å². The maximum atomic E-state index is 5.38. The van der Waals surface area contributed by atoms with Crippen molar-refractivity contribution in [2.75, 3.05) is 12.4 Å². The molecular formula is C16H25NO. The summed E-state index contributed by atoms with van der Waals surface area (Å²) in [6, 6.07) is 8.83. The molecule has 100 valence electrons. The van der Waals surface area contributed by atoms with Gasteiger partial charge in [0, 0.05) is 6.04 Å². The molecule has 0 radical (unpaired) electrons. The Morgan fingerprint density at radius 2 is 1.89 bits per heavy atom. The standard InChI is InChI=1S/C16H25NO/c1-3-6-13-9-11-14(12-10-13)17-15-7-4-5-8-16(15)18-2/h4-5,7-8,13-14,17H,3,6,9-12H2,1-2H3. The average molecular weight is 247 g/mol. The van der Waals surface area contributed by atoms with Crippen LogP contribution in [0.15, 0.2) is 24.3 Å². The van der Waals surface area contributed by atoms with Gasteiger partial charge in [0.05, 0.1) is 12.8 Å². The van der Waals surface area contributed by atoms with E-state index in [-0.39, 0.29) is 0 Å². The molecule has 0 aliphatic heterocycles. The molecule has 18 heavy (non-hydrogen) atoms. The Morgan fingerprint density at radius 3 is 2.56 bits per heavy atom. The van der Waals surface area contributed by atoms with Crippen molar-refractivity contribution in [2.24, 2.45) is 5.92 Å². The number of benzene rings is 1. The predicted molar refractivity (Wildman–Crippen MR) is 77.3 cm³/mol. The molecule has 0 saturated heterocycles. The zero-order valence-corrected chi connectivity index (χ0v) is 11.6. The van der Waals surface area contributed by atoms with E-state index in [1.807, 2.05) is 12.1 Å². The summed E-state index contributed by atoms with van der Waals surface area (Å²) in [6.07, 6.45) is 8.07. The first-order chi connectivity index (χ1) is 8.83. The quantitative estimate of drug-likeness (QED) is 0.829. The molecule has 1 aliphatic rings. The van der Waals surface area contributed by atoms with Gasteiger partial charge in [-0.25, -0.2) is 0 Å². The molecule has 2 nitrogen and oxygen atoms in total. The molecule has 1 N–H and O–H groups in total. The predicted octanol–water partition coefficient (Wildman–Crippen LogP) is 4.47. The zero-order valence-electron chi connectivity index (χ0n) is 11.6. The Kier molecular flexibility index (Phi) is 4.91. The van der Waals surface area contributed by atoms with Crippen LogP contribution in [-0.4, -0.2) is 13.2 Å². The molecule has 2 heteroatoms. The van der Waals surface area contributed by atoms with Gasteiger partial charge in [-0.1, -0.05) is 31.9 Å². The summed E-state index contributed by atoms with van der Waals surface area (Å²) < 4.78 is 5.38. The van der Waals surface area contributed by atoms with Crippen LogP contribution in [0.5, 0.6) is 5.75 Å². The minimum absolute atomic E-state index is 0.620. The monoisotopic (exact) mass is 247 g/mol. The van der Waals surface area contributed by atoms with Gasteiger partial charge in [0.25, 0.3) is 0 Å². The summed E-state index contributed by atoms with van der Waals surface area (Å²) in [5, 5.41) is 3.64. The molecular weight excluding hydrogens is 222 g/mol. The van der Waals surface area contributed by atoms with Crippen molar-refractivity contribution in [3.63, 3.8) is 0 Å².